The average Bonchev–Trinajstić information content (AvgIpc) is 3.01. The molecule has 1 fully saturated rings. The lowest BCUT2D eigenvalue weighted by Crippen LogP contribution is -2.63. The van der Waals surface area contributed by atoms with Crippen LogP contribution in [0.5, 0.6) is 0 Å². The van der Waals surface area contributed by atoms with Crippen LogP contribution in [0.25, 0.3) is 0 Å². The molecule has 10 heteroatoms. The summed E-state index contributed by atoms with van der Waals surface area (Å²) < 4.78 is 13.2. The maximum Gasteiger partial charge on any atom is 0.351 e. The highest BCUT2D eigenvalue weighted by Crippen LogP contribution is 2.44. The molecule has 3 N–H and O–H groups in total. The number of nitrogens with zero attached hydrogens (tertiary/aromatic N) is 3. The van der Waals surface area contributed by atoms with Crippen LogP contribution in [0, 0.1) is 0 Å². The lowest BCUT2D eigenvalue weighted by atomic mass is 9.75. The number of esters is 1. The van der Waals surface area contributed by atoms with Crippen molar-refractivity contribution in [1.29, 1.82) is 0 Å². The van der Waals surface area contributed by atoms with Crippen LogP contribution in [0.3, 0.4) is 0 Å². The molecule has 0 bridgehead atoms. The van der Waals surface area contributed by atoms with Crippen molar-refractivity contribution in [2.24, 2.45) is 0 Å². The van der Waals surface area contributed by atoms with Crippen LogP contribution in [0.1, 0.15) is 29.5 Å². The molecule has 0 unspecified atom stereocenters. The van der Waals surface area contributed by atoms with Crippen LogP contribution in [-0.2, 0) is 30.3 Å². The molecule has 1 atom stereocenters. The molecule has 0 aliphatic carbocycles. The Morgan fingerprint density at radius 1 is 0.905 bits per heavy atom. The number of ether oxygens (including phenoxy) is 2. The van der Waals surface area contributed by atoms with E-state index in [1.807, 2.05) is 54.6 Å². The number of carbonyl (C=O) groups excluding carboxylic acids is 1. The molecular formula is C32H32N4O6. The van der Waals surface area contributed by atoms with Crippen LogP contribution >= 0.6 is 0 Å². The number of carbonyl (C=O) groups is 2. The Kier molecular flexibility index (Phi) is 8.46. The second-order valence-electron chi connectivity index (χ2n) is 10.1. The minimum atomic E-state index is -1.49. The zero-order chi connectivity index (χ0) is 29.6. The van der Waals surface area contributed by atoms with Crippen molar-refractivity contribution in [1.82, 2.24) is 14.5 Å². The highest BCUT2D eigenvalue weighted by molar-refractivity contribution is 5.76. The molecule has 0 saturated carbocycles. The van der Waals surface area contributed by atoms with Gasteiger partial charge < -0.3 is 20.3 Å². The van der Waals surface area contributed by atoms with E-state index in [-0.39, 0.29) is 38.4 Å². The van der Waals surface area contributed by atoms with Gasteiger partial charge in [-0.3, -0.25) is 19.1 Å². The number of aliphatic carboxylic acids is 1. The van der Waals surface area contributed by atoms with Gasteiger partial charge in [0.1, 0.15) is 12.4 Å². The second-order valence-corrected chi connectivity index (χ2v) is 10.1. The summed E-state index contributed by atoms with van der Waals surface area (Å²) in [5, 5.41) is 9.01. The quantitative estimate of drug-likeness (QED) is 0.218. The van der Waals surface area contributed by atoms with E-state index in [0.29, 0.717) is 6.54 Å². The highest BCUT2D eigenvalue weighted by Gasteiger charge is 2.50. The number of rotatable bonds is 10. The number of nitrogen functional groups attached to an aromatic ring is 1. The van der Waals surface area contributed by atoms with Crippen molar-refractivity contribution in [2.75, 3.05) is 32.0 Å². The maximum absolute atomic E-state index is 13.2. The van der Waals surface area contributed by atoms with Gasteiger partial charge in [0, 0.05) is 12.7 Å². The molecule has 1 saturated heterocycles. The molecule has 1 aromatic heterocycles. The first-order chi connectivity index (χ1) is 20.3. The number of aromatic nitrogens is 2. The molecule has 1 aliphatic heterocycles. The van der Waals surface area contributed by atoms with Gasteiger partial charge >= 0.3 is 17.6 Å². The van der Waals surface area contributed by atoms with Gasteiger partial charge in [0.25, 0.3) is 0 Å². The number of morpholine rings is 1. The topological polar surface area (TPSA) is 137 Å². The number of benzene rings is 3. The maximum atomic E-state index is 13.2. The predicted octanol–water partition coefficient (Wildman–Crippen LogP) is 3.21. The molecule has 5 rings (SSSR count). The van der Waals surface area contributed by atoms with Gasteiger partial charge in [-0.2, -0.15) is 4.98 Å². The third-order valence-electron chi connectivity index (χ3n) is 7.48. The fourth-order valence-electron chi connectivity index (χ4n) is 5.64. The summed E-state index contributed by atoms with van der Waals surface area (Å²) in [5.41, 5.74) is 5.82. The van der Waals surface area contributed by atoms with Crippen LogP contribution in [0.15, 0.2) is 108 Å². The highest BCUT2D eigenvalue weighted by atomic mass is 16.6. The number of carboxylic acids is 1. The Morgan fingerprint density at radius 2 is 1.45 bits per heavy atom. The molecule has 2 heterocycles. The summed E-state index contributed by atoms with van der Waals surface area (Å²) in [6, 6.07) is 31.7. The first-order valence-electron chi connectivity index (χ1n) is 13.6. The SMILES string of the molecule is Nc1ccn([C@@]2(COC(=O)CCC(=O)O)CN(C(c3ccccc3)(c3ccccc3)c3ccccc3)CCO2)c(=O)n1. The van der Waals surface area contributed by atoms with Crippen LogP contribution < -0.4 is 11.4 Å². The van der Waals surface area contributed by atoms with E-state index in [0.717, 1.165) is 16.7 Å². The van der Waals surface area contributed by atoms with Crippen molar-refractivity contribution < 1.29 is 24.2 Å². The van der Waals surface area contributed by atoms with E-state index < -0.39 is 28.9 Å². The Balaban J connectivity index is 1.67. The molecule has 10 nitrogen and oxygen atoms in total. The van der Waals surface area contributed by atoms with E-state index in [2.05, 4.69) is 46.3 Å². The van der Waals surface area contributed by atoms with Gasteiger partial charge in [0.2, 0.25) is 0 Å². The molecule has 3 aromatic carbocycles. The molecular weight excluding hydrogens is 536 g/mol. The molecule has 0 radical (unpaired) electrons. The standard InChI is InChI=1S/C32H32N4O6/c33-27-18-19-36(30(40)34-27)31(23-41-29(39)17-16-28(37)38)22-35(20-21-42-31)32(24-10-4-1-5-11-24,25-12-6-2-7-13-25)26-14-8-3-9-15-26/h1-15,18-19H,16-17,20-23H2,(H,37,38)(H2,33,34,40)/t31-/m0/s1. The number of carboxylic acid groups (broad SMARTS) is 1. The lowest BCUT2D eigenvalue weighted by Gasteiger charge is -2.52. The van der Waals surface area contributed by atoms with Crippen LogP contribution in [0.2, 0.25) is 0 Å². The van der Waals surface area contributed by atoms with Crippen molar-refractivity contribution in [3.8, 4) is 0 Å². The van der Waals surface area contributed by atoms with E-state index >= 15 is 0 Å². The summed E-state index contributed by atoms with van der Waals surface area (Å²) in [7, 11) is 0. The first kappa shape index (κ1) is 28.7. The van der Waals surface area contributed by atoms with E-state index in [9.17, 15) is 14.4 Å². The Hall–Kier alpha value is -4.80. The predicted molar refractivity (Wildman–Crippen MR) is 155 cm³/mol. The molecule has 0 spiro atoms. The first-order valence-corrected chi connectivity index (χ1v) is 13.6. The van der Waals surface area contributed by atoms with Gasteiger partial charge in [-0.05, 0) is 22.8 Å². The number of anilines is 1. The largest absolute Gasteiger partial charge is 0.481 e. The average molecular weight is 569 g/mol. The fraction of sp³-hybridized carbons (Fsp3) is 0.250. The van der Waals surface area contributed by atoms with E-state index in [1.165, 1.54) is 16.8 Å². The van der Waals surface area contributed by atoms with Gasteiger partial charge in [-0.1, -0.05) is 91.0 Å². The van der Waals surface area contributed by atoms with Gasteiger partial charge in [0.05, 0.1) is 31.5 Å². The summed E-state index contributed by atoms with van der Waals surface area (Å²) in [4.78, 5) is 43.0. The number of hydrogen-bond acceptors (Lipinski definition) is 8. The smallest absolute Gasteiger partial charge is 0.351 e. The normalized spacial score (nSPS) is 17.4. The Morgan fingerprint density at radius 3 is 1.95 bits per heavy atom. The number of hydrogen-bond donors (Lipinski definition) is 2. The molecule has 216 valence electrons. The monoisotopic (exact) mass is 568 g/mol. The van der Waals surface area contributed by atoms with Gasteiger partial charge in [-0.15, -0.1) is 0 Å². The van der Waals surface area contributed by atoms with Gasteiger partial charge in [-0.25, -0.2) is 4.79 Å². The van der Waals surface area contributed by atoms with Gasteiger partial charge in [0.15, 0.2) is 5.72 Å². The Bertz CT molecular complexity index is 1480. The molecule has 42 heavy (non-hydrogen) atoms. The van der Waals surface area contributed by atoms with Crippen molar-refractivity contribution in [2.45, 2.75) is 24.1 Å². The van der Waals surface area contributed by atoms with Crippen molar-refractivity contribution in [3.05, 3.63) is 130 Å². The third kappa shape index (κ3) is 5.67. The summed E-state index contributed by atoms with van der Waals surface area (Å²) in [6.45, 7) is 0.438. The minimum absolute atomic E-state index is 0.0460. The van der Waals surface area contributed by atoms with E-state index in [4.69, 9.17) is 20.3 Å². The Labute approximate surface area is 243 Å². The summed E-state index contributed by atoms with van der Waals surface area (Å²) >= 11 is 0. The van der Waals surface area contributed by atoms with Crippen molar-refractivity contribution >= 4 is 17.8 Å². The summed E-state index contributed by atoms with van der Waals surface area (Å²) in [6.07, 6.45) is 0.793. The third-order valence-corrected chi connectivity index (χ3v) is 7.48. The van der Waals surface area contributed by atoms with Crippen LogP contribution in [0.4, 0.5) is 5.82 Å². The lowest BCUT2D eigenvalue weighted by molar-refractivity contribution is -0.207. The summed E-state index contributed by atoms with van der Waals surface area (Å²) in [5.74, 6) is -1.78. The van der Waals surface area contributed by atoms with Crippen molar-refractivity contribution in [3.63, 3.8) is 0 Å². The molecule has 4 aromatic rings. The minimum Gasteiger partial charge on any atom is -0.481 e. The molecule has 0 amide bonds. The zero-order valence-corrected chi connectivity index (χ0v) is 23.0. The van der Waals surface area contributed by atoms with E-state index in [1.54, 1.807) is 0 Å². The number of nitrogens with two attached hydrogens (primary N) is 1. The second kappa shape index (κ2) is 12.4. The zero-order valence-electron chi connectivity index (χ0n) is 23.0. The fourth-order valence-corrected chi connectivity index (χ4v) is 5.64. The van der Waals surface area contributed by atoms with Crippen LogP contribution in [-0.4, -0.2) is 57.8 Å². The molecule has 1 aliphatic rings.